The molecule has 0 saturated carbocycles. The van der Waals surface area contributed by atoms with Gasteiger partial charge in [-0.25, -0.2) is 0 Å². The lowest BCUT2D eigenvalue weighted by atomic mass is 10.1. The minimum atomic E-state index is -1.04. The summed E-state index contributed by atoms with van der Waals surface area (Å²) >= 11 is 3.39. The second-order valence-electron chi connectivity index (χ2n) is 4.10. The Hall–Kier alpha value is -1.36. The molecule has 1 heterocycles. The fraction of sp³-hybridized carbons (Fsp3) is 0.333. The van der Waals surface area contributed by atoms with Crippen molar-refractivity contribution in [1.29, 1.82) is 0 Å². The van der Waals surface area contributed by atoms with E-state index >= 15 is 0 Å². The predicted octanol–water partition coefficient (Wildman–Crippen LogP) is 2.20. The summed E-state index contributed by atoms with van der Waals surface area (Å²) in [6.45, 7) is 2.40. The molecule has 1 amide bonds. The smallest absolute Gasteiger partial charge is 0.316 e. The number of carboxylic acids is 1. The van der Waals surface area contributed by atoms with E-state index in [1.54, 1.807) is 0 Å². The van der Waals surface area contributed by atoms with Gasteiger partial charge in [-0.05, 0) is 37.1 Å². The molecule has 4 nitrogen and oxygen atoms in total. The van der Waals surface area contributed by atoms with Gasteiger partial charge >= 0.3 is 5.97 Å². The van der Waals surface area contributed by atoms with Crippen molar-refractivity contribution >= 4 is 33.5 Å². The molecule has 0 bridgehead atoms. The van der Waals surface area contributed by atoms with Crippen LogP contribution in [-0.2, 0) is 9.59 Å². The molecule has 1 unspecified atom stereocenters. The van der Waals surface area contributed by atoms with Gasteiger partial charge in [0.1, 0.15) is 5.92 Å². The van der Waals surface area contributed by atoms with E-state index in [1.807, 2.05) is 25.1 Å². The Bertz CT molecular complexity index is 487. The van der Waals surface area contributed by atoms with Crippen molar-refractivity contribution in [3.05, 3.63) is 28.2 Å². The Morgan fingerprint density at radius 1 is 1.53 bits per heavy atom. The van der Waals surface area contributed by atoms with Gasteiger partial charge in [0, 0.05) is 16.7 Å². The average Bonchev–Trinajstić information content (AvgIpc) is 2.64. The Morgan fingerprint density at radius 2 is 2.24 bits per heavy atom. The summed E-state index contributed by atoms with van der Waals surface area (Å²) in [4.78, 5) is 24.3. The normalized spacial score (nSPS) is 19.8. The average molecular weight is 298 g/mol. The standard InChI is InChI=1S/C12H12BrNO3/c1-7-6-8(2-3-10(7)13)14-5-4-9(11(14)15)12(16)17/h2-3,6,9H,4-5H2,1H3,(H,16,17). The second kappa shape index (κ2) is 4.49. The molecule has 1 aromatic carbocycles. The highest BCUT2D eigenvalue weighted by Crippen LogP contribution is 2.28. The van der Waals surface area contributed by atoms with Crippen LogP contribution in [0.3, 0.4) is 0 Å². The molecule has 17 heavy (non-hydrogen) atoms. The van der Waals surface area contributed by atoms with Gasteiger partial charge in [-0.3, -0.25) is 9.59 Å². The van der Waals surface area contributed by atoms with Gasteiger partial charge in [0.15, 0.2) is 0 Å². The van der Waals surface area contributed by atoms with Crippen LogP contribution >= 0.6 is 15.9 Å². The quantitative estimate of drug-likeness (QED) is 0.852. The first-order valence-corrected chi connectivity index (χ1v) is 6.10. The van der Waals surface area contributed by atoms with Crippen molar-refractivity contribution in [1.82, 2.24) is 0 Å². The van der Waals surface area contributed by atoms with E-state index < -0.39 is 11.9 Å². The van der Waals surface area contributed by atoms with Gasteiger partial charge in [0.2, 0.25) is 5.91 Å². The van der Waals surface area contributed by atoms with Crippen LogP contribution in [0, 0.1) is 12.8 Å². The number of nitrogens with zero attached hydrogens (tertiary/aromatic N) is 1. The molecule has 1 aliphatic heterocycles. The molecular weight excluding hydrogens is 286 g/mol. The van der Waals surface area contributed by atoms with E-state index in [0.717, 1.165) is 15.7 Å². The SMILES string of the molecule is Cc1cc(N2CCC(C(=O)O)C2=O)ccc1Br. The van der Waals surface area contributed by atoms with Crippen LogP contribution in [0.4, 0.5) is 5.69 Å². The highest BCUT2D eigenvalue weighted by Gasteiger charge is 2.37. The number of hydrogen-bond acceptors (Lipinski definition) is 2. The van der Waals surface area contributed by atoms with Crippen molar-refractivity contribution in [3.63, 3.8) is 0 Å². The molecule has 2 rings (SSSR count). The van der Waals surface area contributed by atoms with Crippen LogP contribution in [0.25, 0.3) is 0 Å². The summed E-state index contributed by atoms with van der Waals surface area (Å²) in [5.41, 5.74) is 1.79. The third-order valence-corrected chi connectivity index (χ3v) is 3.85. The number of rotatable bonds is 2. The molecule has 90 valence electrons. The van der Waals surface area contributed by atoms with Crippen molar-refractivity contribution < 1.29 is 14.7 Å². The van der Waals surface area contributed by atoms with Gasteiger partial charge in [0.05, 0.1) is 0 Å². The maximum absolute atomic E-state index is 11.9. The summed E-state index contributed by atoms with van der Waals surface area (Å²) in [5.74, 6) is -2.25. The summed E-state index contributed by atoms with van der Waals surface area (Å²) in [7, 11) is 0. The van der Waals surface area contributed by atoms with E-state index in [0.29, 0.717) is 13.0 Å². The lowest BCUT2D eigenvalue weighted by Gasteiger charge is -2.17. The maximum atomic E-state index is 11.9. The molecule has 0 radical (unpaired) electrons. The summed E-state index contributed by atoms with van der Waals surface area (Å²) in [5, 5.41) is 8.89. The number of carbonyl (C=O) groups excluding carboxylic acids is 1. The first-order valence-electron chi connectivity index (χ1n) is 5.31. The van der Waals surface area contributed by atoms with E-state index in [9.17, 15) is 9.59 Å². The number of carbonyl (C=O) groups is 2. The minimum Gasteiger partial charge on any atom is -0.481 e. The number of anilines is 1. The van der Waals surface area contributed by atoms with E-state index in [2.05, 4.69) is 15.9 Å². The lowest BCUT2D eigenvalue weighted by molar-refractivity contribution is -0.144. The highest BCUT2D eigenvalue weighted by molar-refractivity contribution is 9.10. The Labute approximate surface area is 107 Å². The van der Waals surface area contributed by atoms with Crippen LogP contribution < -0.4 is 4.90 Å². The van der Waals surface area contributed by atoms with Crippen molar-refractivity contribution in [3.8, 4) is 0 Å². The van der Waals surface area contributed by atoms with Gasteiger partial charge in [-0.2, -0.15) is 0 Å². The summed E-state index contributed by atoms with van der Waals surface area (Å²) < 4.78 is 0.975. The number of aryl methyl sites for hydroxylation is 1. The van der Waals surface area contributed by atoms with Crippen molar-refractivity contribution in [2.75, 3.05) is 11.4 Å². The number of amides is 1. The molecule has 0 aromatic heterocycles. The van der Waals surface area contributed by atoms with E-state index in [4.69, 9.17) is 5.11 Å². The molecule has 1 aromatic rings. The second-order valence-corrected chi connectivity index (χ2v) is 4.96. The van der Waals surface area contributed by atoms with Gasteiger partial charge in [-0.15, -0.1) is 0 Å². The number of aliphatic carboxylic acids is 1. The molecule has 1 saturated heterocycles. The topological polar surface area (TPSA) is 57.6 Å². The fourth-order valence-corrected chi connectivity index (χ4v) is 2.21. The Kier molecular flexibility index (Phi) is 3.19. The third kappa shape index (κ3) is 2.20. The molecule has 5 heteroatoms. The molecule has 1 fully saturated rings. The molecule has 0 aliphatic carbocycles. The van der Waals surface area contributed by atoms with Crippen LogP contribution in [0.1, 0.15) is 12.0 Å². The highest BCUT2D eigenvalue weighted by atomic mass is 79.9. The van der Waals surface area contributed by atoms with E-state index in [-0.39, 0.29) is 5.91 Å². The summed E-state index contributed by atoms with van der Waals surface area (Å²) in [6.07, 6.45) is 0.378. The fourth-order valence-electron chi connectivity index (χ4n) is 1.96. The predicted molar refractivity (Wildman–Crippen MR) is 67.0 cm³/mol. The Morgan fingerprint density at radius 3 is 2.76 bits per heavy atom. The van der Waals surface area contributed by atoms with Crippen molar-refractivity contribution in [2.24, 2.45) is 5.92 Å². The first-order chi connectivity index (χ1) is 8.00. The van der Waals surface area contributed by atoms with Crippen LogP contribution in [0.15, 0.2) is 22.7 Å². The largest absolute Gasteiger partial charge is 0.481 e. The number of halogens is 1. The maximum Gasteiger partial charge on any atom is 0.316 e. The zero-order valence-corrected chi connectivity index (χ0v) is 10.9. The zero-order chi connectivity index (χ0) is 12.6. The number of hydrogen-bond donors (Lipinski definition) is 1. The van der Waals surface area contributed by atoms with Gasteiger partial charge in [0.25, 0.3) is 0 Å². The third-order valence-electron chi connectivity index (χ3n) is 2.96. The van der Waals surface area contributed by atoms with E-state index in [1.165, 1.54) is 4.90 Å². The van der Waals surface area contributed by atoms with Crippen LogP contribution in [0.5, 0.6) is 0 Å². The van der Waals surface area contributed by atoms with Gasteiger partial charge in [-0.1, -0.05) is 15.9 Å². The molecule has 1 aliphatic rings. The zero-order valence-electron chi connectivity index (χ0n) is 9.31. The van der Waals surface area contributed by atoms with Gasteiger partial charge < -0.3 is 10.0 Å². The molecular formula is C12H12BrNO3. The molecule has 0 spiro atoms. The number of benzene rings is 1. The molecule has 1 atom stereocenters. The van der Waals surface area contributed by atoms with Crippen molar-refractivity contribution in [2.45, 2.75) is 13.3 Å². The Balaban J connectivity index is 2.27. The summed E-state index contributed by atoms with van der Waals surface area (Å²) in [6, 6.07) is 5.57. The lowest BCUT2D eigenvalue weighted by Crippen LogP contribution is -2.30. The number of carboxylic acid groups (broad SMARTS) is 1. The minimum absolute atomic E-state index is 0.320. The van der Waals surface area contributed by atoms with Crippen LogP contribution in [-0.4, -0.2) is 23.5 Å². The molecule has 1 N–H and O–H groups in total. The monoisotopic (exact) mass is 297 g/mol. The van der Waals surface area contributed by atoms with Crippen LogP contribution in [0.2, 0.25) is 0 Å². The first kappa shape index (κ1) is 12.1.